The average molecular weight is 291 g/mol. The molecule has 3 rings (SSSR count). The van der Waals surface area contributed by atoms with Crippen LogP contribution in [0, 0.1) is 0 Å². The van der Waals surface area contributed by atoms with Crippen molar-refractivity contribution in [3.63, 3.8) is 0 Å². The lowest BCUT2D eigenvalue weighted by atomic mass is 10.0. The molecule has 2 aromatic heterocycles. The molecule has 20 heavy (non-hydrogen) atoms. The summed E-state index contributed by atoms with van der Waals surface area (Å²) in [6, 6.07) is 1.97. The van der Waals surface area contributed by atoms with Gasteiger partial charge in [-0.25, -0.2) is 0 Å². The summed E-state index contributed by atoms with van der Waals surface area (Å²) in [6.07, 6.45) is 0.899. The molecule has 0 amide bonds. The van der Waals surface area contributed by atoms with E-state index >= 15 is 0 Å². The second-order valence-electron chi connectivity index (χ2n) is 4.80. The van der Waals surface area contributed by atoms with Gasteiger partial charge in [-0.2, -0.15) is 0 Å². The van der Waals surface area contributed by atoms with Gasteiger partial charge in [-0.1, -0.05) is 18.3 Å². The standard InChI is InChI=1S/C13H17N5OS/c1-3-18-5-4-10-8(7-18)6-9(11(19)15-10)12-16-17-13(14-2)20-12/h6H,3-5,7H2,1-2H3,(H,14,17)(H,15,19). The zero-order chi connectivity index (χ0) is 14.1. The van der Waals surface area contributed by atoms with Crippen LogP contribution in [0.2, 0.25) is 0 Å². The minimum atomic E-state index is -0.0764. The van der Waals surface area contributed by atoms with E-state index in [4.69, 9.17) is 0 Å². The lowest BCUT2D eigenvalue weighted by Gasteiger charge is -2.27. The van der Waals surface area contributed by atoms with Gasteiger partial charge in [0.05, 0.1) is 5.56 Å². The summed E-state index contributed by atoms with van der Waals surface area (Å²) in [5.74, 6) is 0. The second kappa shape index (κ2) is 5.34. The first-order chi connectivity index (χ1) is 9.71. The van der Waals surface area contributed by atoms with E-state index in [0.717, 1.165) is 31.7 Å². The van der Waals surface area contributed by atoms with Crippen molar-refractivity contribution in [2.24, 2.45) is 0 Å². The summed E-state index contributed by atoms with van der Waals surface area (Å²) in [5, 5.41) is 12.4. The second-order valence-corrected chi connectivity index (χ2v) is 5.77. The number of likely N-dealkylation sites (N-methyl/N-ethyl adjacent to an activating group) is 1. The maximum Gasteiger partial charge on any atom is 0.258 e. The Morgan fingerprint density at radius 1 is 1.50 bits per heavy atom. The third-order valence-corrected chi connectivity index (χ3v) is 4.58. The van der Waals surface area contributed by atoms with Gasteiger partial charge in [0.2, 0.25) is 5.13 Å². The lowest BCUT2D eigenvalue weighted by molar-refractivity contribution is 0.265. The van der Waals surface area contributed by atoms with Gasteiger partial charge in [0.25, 0.3) is 5.56 Å². The van der Waals surface area contributed by atoms with E-state index in [9.17, 15) is 4.79 Å². The molecule has 2 N–H and O–H groups in total. The van der Waals surface area contributed by atoms with Gasteiger partial charge < -0.3 is 10.3 Å². The Labute approximate surface area is 120 Å². The molecule has 3 heterocycles. The third-order valence-electron chi connectivity index (χ3n) is 3.60. The minimum absolute atomic E-state index is 0.0764. The Bertz CT molecular complexity index is 678. The van der Waals surface area contributed by atoms with Crippen molar-refractivity contribution in [3.05, 3.63) is 27.7 Å². The van der Waals surface area contributed by atoms with Crippen molar-refractivity contribution in [1.82, 2.24) is 20.1 Å². The van der Waals surface area contributed by atoms with Crippen LogP contribution in [-0.2, 0) is 13.0 Å². The molecule has 0 atom stereocenters. The summed E-state index contributed by atoms with van der Waals surface area (Å²) in [4.78, 5) is 17.6. The third kappa shape index (κ3) is 2.34. The molecular weight excluding hydrogens is 274 g/mol. The van der Waals surface area contributed by atoms with E-state index in [1.807, 2.05) is 6.07 Å². The van der Waals surface area contributed by atoms with Crippen molar-refractivity contribution < 1.29 is 0 Å². The molecule has 0 fully saturated rings. The van der Waals surface area contributed by atoms with Crippen LogP contribution in [0.15, 0.2) is 10.9 Å². The number of aromatic amines is 1. The molecular formula is C13H17N5OS. The summed E-state index contributed by atoms with van der Waals surface area (Å²) in [6.45, 7) is 5.06. The van der Waals surface area contributed by atoms with Gasteiger partial charge in [0.1, 0.15) is 0 Å². The van der Waals surface area contributed by atoms with E-state index < -0.39 is 0 Å². The first-order valence-electron chi connectivity index (χ1n) is 6.70. The molecule has 1 aliphatic heterocycles. The Morgan fingerprint density at radius 3 is 3.05 bits per heavy atom. The molecule has 7 heteroatoms. The van der Waals surface area contributed by atoms with Gasteiger partial charge in [-0.3, -0.25) is 9.69 Å². The lowest BCUT2D eigenvalue weighted by Crippen LogP contribution is -2.32. The highest BCUT2D eigenvalue weighted by atomic mass is 32.1. The molecule has 1 aliphatic rings. The minimum Gasteiger partial charge on any atom is -0.363 e. The number of aromatic nitrogens is 3. The van der Waals surface area contributed by atoms with Crippen molar-refractivity contribution in [1.29, 1.82) is 0 Å². The first kappa shape index (κ1) is 13.3. The zero-order valence-corrected chi connectivity index (χ0v) is 12.4. The van der Waals surface area contributed by atoms with Gasteiger partial charge in [-0.05, 0) is 18.2 Å². The highest BCUT2D eigenvalue weighted by Gasteiger charge is 2.19. The SMILES string of the molecule is CCN1CCc2[nH]c(=O)c(-c3nnc(NC)s3)cc2C1. The fourth-order valence-corrected chi connectivity index (χ4v) is 3.14. The van der Waals surface area contributed by atoms with Gasteiger partial charge >= 0.3 is 0 Å². The normalized spacial score (nSPS) is 15.1. The number of hydrogen-bond acceptors (Lipinski definition) is 6. The van der Waals surface area contributed by atoms with Crippen molar-refractivity contribution in [2.45, 2.75) is 19.9 Å². The molecule has 2 aromatic rings. The maximum absolute atomic E-state index is 12.2. The van der Waals surface area contributed by atoms with Crippen LogP contribution in [-0.4, -0.2) is 40.2 Å². The Balaban J connectivity index is 2.02. The van der Waals surface area contributed by atoms with Gasteiger partial charge in [0.15, 0.2) is 5.01 Å². The predicted molar refractivity (Wildman–Crippen MR) is 80.2 cm³/mol. The van der Waals surface area contributed by atoms with E-state index in [2.05, 4.69) is 32.3 Å². The monoisotopic (exact) mass is 291 g/mol. The molecule has 0 spiro atoms. The van der Waals surface area contributed by atoms with E-state index in [-0.39, 0.29) is 5.56 Å². The maximum atomic E-state index is 12.2. The van der Waals surface area contributed by atoms with Crippen molar-refractivity contribution >= 4 is 16.5 Å². The van der Waals surface area contributed by atoms with Crippen molar-refractivity contribution in [2.75, 3.05) is 25.5 Å². The van der Waals surface area contributed by atoms with Gasteiger partial charge in [-0.15, -0.1) is 10.2 Å². The summed E-state index contributed by atoms with van der Waals surface area (Å²) < 4.78 is 0. The number of nitrogens with one attached hydrogen (secondary N) is 2. The van der Waals surface area contributed by atoms with E-state index in [1.54, 1.807) is 7.05 Å². The number of rotatable bonds is 3. The van der Waals surface area contributed by atoms with Crippen LogP contribution >= 0.6 is 11.3 Å². The smallest absolute Gasteiger partial charge is 0.258 e. The molecule has 106 valence electrons. The Morgan fingerprint density at radius 2 is 2.35 bits per heavy atom. The van der Waals surface area contributed by atoms with Crippen LogP contribution in [0.5, 0.6) is 0 Å². The molecule has 6 nitrogen and oxygen atoms in total. The van der Waals surface area contributed by atoms with Crippen LogP contribution < -0.4 is 10.9 Å². The predicted octanol–water partition coefficient (Wildman–Crippen LogP) is 1.31. The quantitative estimate of drug-likeness (QED) is 0.892. The number of nitrogens with zero attached hydrogens (tertiary/aromatic N) is 3. The number of H-pyrrole nitrogens is 1. The van der Waals surface area contributed by atoms with E-state index in [0.29, 0.717) is 15.7 Å². The van der Waals surface area contributed by atoms with Crippen LogP contribution in [0.1, 0.15) is 18.2 Å². The molecule has 0 aliphatic carbocycles. The Kier molecular flexibility index (Phi) is 3.54. The Hall–Kier alpha value is -1.73. The van der Waals surface area contributed by atoms with E-state index in [1.165, 1.54) is 16.9 Å². The molecule has 0 bridgehead atoms. The molecule has 0 saturated carbocycles. The zero-order valence-electron chi connectivity index (χ0n) is 11.6. The number of pyridine rings is 1. The number of fused-ring (bicyclic) bond motifs is 1. The molecule has 0 saturated heterocycles. The molecule has 0 aromatic carbocycles. The molecule has 0 radical (unpaired) electrons. The summed E-state index contributed by atoms with van der Waals surface area (Å²) in [7, 11) is 1.79. The number of anilines is 1. The van der Waals surface area contributed by atoms with Crippen LogP contribution in [0.25, 0.3) is 10.6 Å². The topological polar surface area (TPSA) is 73.9 Å². The highest BCUT2D eigenvalue weighted by Crippen LogP contribution is 2.26. The summed E-state index contributed by atoms with van der Waals surface area (Å²) >= 11 is 1.39. The fourth-order valence-electron chi connectivity index (χ4n) is 2.43. The highest BCUT2D eigenvalue weighted by molar-refractivity contribution is 7.18. The average Bonchev–Trinajstić information content (AvgIpc) is 2.94. The summed E-state index contributed by atoms with van der Waals surface area (Å²) in [5.41, 5.74) is 2.78. The number of hydrogen-bond donors (Lipinski definition) is 2. The van der Waals surface area contributed by atoms with Crippen LogP contribution in [0.3, 0.4) is 0 Å². The fraction of sp³-hybridized carbons (Fsp3) is 0.462. The largest absolute Gasteiger partial charge is 0.363 e. The van der Waals surface area contributed by atoms with Crippen molar-refractivity contribution in [3.8, 4) is 10.6 Å². The molecule has 0 unspecified atom stereocenters. The van der Waals surface area contributed by atoms with Gasteiger partial charge in [0, 0.05) is 32.3 Å². The first-order valence-corrected chi connectivity index (χ1v) is 7.52. The van der Waals surface area contributed by atoms with Crippen LogP contribution in [0.4, 0.5) is 5.13 Å².